The highest BCUT2D eigenvalue weighted by Crippen LogP contribution is 2.11. The first kappa shape index (κ1) is 20.0. The Balaban J connectivity index is 3.23. The maximum absolute atomic E-state index is 2.59. The van der Waals surface area contributed by atoms with Gasteiger partial charge in [0.25, 0.3) is 0 Å². The van der Waals surface area contributed by atoms with E-state index in [1.165, 1.54) is 89.5 Å². The van der Waals surface area contributed by atoms with Gasteiger partial charge in [0.05, 0.1) is 8.80 Å². The summed E-state index contributed by atoms with van der Waals surface area (Å²) in [7, 11) is -0.511. The molecule has 0 saturated heterocycles. The van der Waals surface area contributed by atoms with Crippen LogP contribution < -0.4 is 0 Å². The van der Waals surface area contributed by atoms with Crippen LogP contribution in [0.4, 0.5) is 0 Å². The highest BCUT2D eigenvalue weighted by atomic mass is 28.3. The molecule has 0 aliphatic heterocycles. The number of rotatable bonds is 15. The van der Waals surface area contributed by atoms with Crippen LogP contribution >= 0.6 is 0 Å². The van der Waals surface area contributed by atoms with Crippen LogP contribution in [0.1, 0.15) is 97.3 Å². The summed E-state index contributed by atoms with van der Waals surface area (Å²) >= 11 is 0. The van der Waals surface area contributed by atoms with Crippen LogP contribution in [0.25, 0.3) is 0 Å². The van der Waals surface area contributed by atoms with Gasteiger partial charge in [-0.05, 0) is 12.8 Å². The average Bonchev–Trinajstić information content (AvgIpc) is 2.45. The van der Waals surface area contributed by atoms with E-state index in [2.05, 4.69) is 32.2 Å². The Hall–Kier alpha value is -0.0431. The Kier molecular flexibility index (Phi) is 17.0. The summed E-state index contributed by atoms with van der Waals surface area (Å²) in [4.78, 5) is 0. The van der Waals surface area contributed by atoms with Gasteiger partial charge in [0.1, 0.15) is 0 Å². The van der Waals surface area contributed by atoms with E-state index < -0.39 is 8.80 Å². The second-order valence-corrected chi connectivity index (χ2v) is 9.44. The molecule has 120 valence electrons. The minimum atomic E-state index is -0.511. The molecule has 0 rings (SSSR count). The number of unbranched alkanes of at least 4 members (excludes halogenated alkanes) is 11. The second-order valence-electron chi connectivity index (χ2n) is 6.52. The monoisotopic (exact) mass is 296 g/mol. The highest BCUT2D eigenvalue weighted by molar-refractivity contribution is 6.62. The minimum Gasteiger partial charge on any atom is -0.102 e. The molecule has 0 radical (unpaired) electrons. The third-order valence-corrected chi connectivity index (χ3v) is 6.45. The Labute approximate surface area is 131 Å². The van der Waals surface area contributed by atoms with E-state index in [-0.39, 0.29) is 0 Å². The Bertz CT molecular complexity index is 198. The van der Waals surface area contributed by atoms with Crippen LogP contribution in [0.2, 0.25) is 12.6 Å². The summed E-state index contributed by atoms with van der Waals surface area (Å²) in [5, 5.41) is 0. The van der Waals surface area contributed by atoms with Crippen molar-refractivity contribution in [3.63, 3.8) is 0 Å². The van der Waals surface area contributed by atoms with E-state index in [4.69, 9.17) is 0 Å². The summed E-state index contributed by atoms with van der Waals surface area (Å²) in [6.45, 7) is 7.10. The summed E-state index contributed by atoms with van der Waals surface area (Å²) in [5.41, 5.74) is 2.59. The molecule has 20 heavy (non-hydrogen) atoms. The van der Waals surface area contributed by atoms with E-state index in [1.54, 1.807) is 0 Å². The van der Waals surface area contributed by atoms with Crippen LogP contribution in [0.5, 0.6) is 0 Å². The molecule has 0 aromatic rings. The zero-order chi connectivity index (χ0) is 14.9. The maximum atomic E-state index is 2.59. The standard InChI is InChI=1S/C19H40Si/c1-4-6-8-10-12-13-15-17-19-20(3)18-16-14-11-9-7-5-2/h16,18,20H,4-15,17,19H2,1-3H3. The minimum absolute atomic E-state index is 0.511. The normalized spacial score (nSPS) is 13.2. The molecular weight excluding hydrogens is 256 g/mol. The van der Waals surface area contributed by atoms with Crippen molar-refractivity contribution in [3.05, 3.63) is 11.8 Å². The van der Waals surface area contributed by atoms with Crippen LogP contribution in [0.3, 0.4) is 0 Å². The zero-order valence-electron chi connectivity index (χ0n) is 14.6. The first-order valence-electron chi connectivity index (χ1n) is 9.47. The molecular formula is C19H40Si. The second kappa shape index (κ2) is 17.0. The quantitative estimate of drug-likeness (QED) is 0.224. The van der Waals surface area contributed by atoms with Gasteiger partial charge in [-0.25, -0.2) is 0 Å². The fourth-order valence-electron chi connectivity index (χ4n) is 2.71. The van der Waals surface area contributed by atoms with E-state index in [0.717, 1.165) is 0 Å². The molecule has 0 heterocycles. The van der Waals surface area contributed by atoms with Gasteiger partial charge in [-0.15, -0.1) is 5.70 Å². The van der Waals surface area contributed by atoms with Gasteiger partial charge >= 0.3 is 0 Å². The Morgan fingerprint density at radius 3 is 1.75 bits per heavy atom. The van der Waals surface area contributed by atoms with Crippen molar-refractivity contribution in [2.45, 2.75) is 110 Å². The van der Waals surface area contributed by atoms with E-state index >= 15 is 0 Å². The first-order valence-corrected chi connectivity index (χ1v) is 12.1. The van der Waals surface area contributed by atoms with Gasteiger partial charge in [0.2, 0.25) is 0 Å². The zero-order valence-corrected chi connectivity index (χ0v) is 15.8. The number of hydrogen-bond acceptors (Lipinski definition) is 0. The van der Waals surface area contributed by atoms with Gasteiger partial charge in [0, 0.05) is 0 Å². The largest absolute Gasteiger partial charge is 0.102 e. The molecule has 0 bridgehead atoms. The van der Waals surface area contributed by atoms with Gasteiger partial charge < -0.3 is 0 Å². The molecule has 0 aliphatic rings. The van der Waals surface area contributed by atoms with Crippen molar-refractivity contribution >= 4 is 8.80 Å². The Morgan fingerprint density at radius 2 is 1.15 bits per heavy atom. The van der Waals surface area contributed by atoms with Crippen molar-refractivity contribution < 1.29 is 0 Å². The van der Waals surface area contributed by atoms with Crippen molar-refractivity contribution in [1.82, 2.24) is 0 Å². The smallest absolute Gasteiger partial charge is 0.0580 e. The van der Waals surface area contributed by atoms with Gasteiger partial charge in [-0.2, -0.15) is 0 Å². The Morgan fingerprint density at radius 1 is 0.650 bits per heavy atom. The predicted octanol–water partition coefficient (Wildman–Crippen LogP) is 7.05. The molecule has 0 spiro atoms. The van der Waals surface area contributed by atoms with Gasteiger partial charge in [-0.1, -0.05) is 103 Å². The molecule has 0 amide bonds. The number of allylic oxidation sites excluding steroid dienone is 1. The molecule has 1 atom stereocenters. The van der Waals surface area contributed by atoms with Crippen molar-refractivity contribution in [2.24, 2.45) is 0 Å². The van der Waals surface area contributed by atoms with Crippen LogP contribution in [0, 0.1) is 0 Å². The third kappa shape index (κ3) is 16.0. The van der Waals surface area contributed by atoms with Gasteiger partial charge in [-0.3, -0.25) is 0 Å². The fraction of sp³-hybridized carbons (Fsp3) is 0.895. The lowest BCUT2D eigenvalue weighted by molar-refractivity contribution is 0.584. The molecule has 0 fully saturated rings. The van der Waals surface area contributed by atoms with Crippen molar-refractivity contribution in [2.75, 3.05) is 0 Å². The van der Waals surface area contributed by atoms with E-state index in [1.807, 2.05) is 0 Å². The van der Waals surface area contributed by atoms with E-state index in [0.29, 0.717) is 0 Å². The van der Waals surface area contributed by atoms with Crippen molar-refractivity contribution in [1.29, 1.82) is 0 Å². The highest BCUT2D eigenvalue weighted by Gasteiger charge is 1.99. The van der Waals surface area contributed by atoms with Crippen LogP contribution in [-0.2, 0) is 0 Å². The molecule has 0 aromatic heterocycles. The molecule has 0 aromatic carbocycles. The predicted molar refractivity (Wildman–Crippen MR) is 98.3 cm³/mol. The summed E-state index contributed by atoms with van der Waals surface area (Å²) < 4.78 is 0. The van der Waals surface area contributed by atoms with E-state index in [9.17, 15) is 0 Å². The summed E-state index contributed by atoms with van der Waals surface area (Å²) in [6.07, 6.45) is 21.1. The molecule has 0 aliphatic carbocycles. The first-order chi connectivity index (χ1) is 9.81. The topological polar surface area (TPSA) is 0 Å². The van der Waals surface area contributed by atoms with Crippen molar-refractivity contribution in [3.8, 4) is 0 Å². The van der Waals surface area contributed by atoms with Gasteiger partial charge in [0.15, 0.2) is 0 Å². The number of hydrogen-bond donors (Lipinski definition) is 0. The van der Waals surface area contributed by atoms with Crippen LogP contribution in [-0.4, -0.2) is 8.80 Å². The summed E-state index contributed by atoms with van der Waals surface area (Å²) in [6, 6.07) is 1.53. The molecule has 1 heteroatoms. The lowest BCUT2D eigenvalue weighted by Crippen LogP contribution is -2.01. The molecule has 0 nitrogen and oxygen atoms in total. The SMILES string of the molecule is CCCCCCC=C[SiH](C)CCCCCCCCCC. The molecule has 0 N–H and O–H groups in total. The lowest BCUT2D eigenvalue weighted by Gasteiger charge is -2.05. The lowest BCUT2D eigenvalue weighted by atomic mass is 10.1. The van der Waals surface area contributed by atoms with Crippen LogP contribution in [0.15, 0.2) is 11.8 Å². The molecule has 0 saturated carbocycles. The maximum Gasteiger partial charge on any atom is 0.0580 e. The fourth-order valence-corrected chi connectivity index (χ4v) is 4.50. The molecule has 1 unspecified atom stereocenters. The summed E-state index contributed by atoms with van der Waals surface area (Å²) in [5.74, 6) is 0. The average molecular weight is 297 g/mol. The third-order valence-electron chi connectivity index (χ3n) is 4.20.